The van der Waals surface area contributed by atoms with Crippen LogP contribution in [0.15, 0.2) is 18.2 Å². The van der Waals surface area contributed by atoms with Gasteiger partial charge in [-0.25, -0.2) is 0 Å². The lowest BCUT2D eigenvalue weighted by atomic mass is 10.1. The standard InChI is InChI=1S/C13H14ClN3O/c1-7-4-5-10(14)6-11(7)13(18)15-12-8(2)16-17-9(12)3/h4-6H,1-3H3,(H,15,18)(H,16,17). The molecular formula is C13H14ClN3O. The van der Waals surface area contributed by atoms with Crippen molar-refractivity contribution in [3.8, 4) is 0 Å². The molecule has 0 aliphatic carbocycles. The molecule has 5 heteroatoms. The highest BCUT2D eigenvalue weighted by molar-refractivity contribution is 6.31. The second-order valence-corrected chi connectivity index (χ2v) is 4.66. The van der Waals surface area contributed by atoms with Crippen molar-refractivity contribution in [2.24, 2.45) is 0 Å². The first-order valence-electron chi connectivity index (χ1n) is 5.58. The summed E-state index contributed by atoms with van der Waals surface area (Å²) >= 11 is 5.91. The minimum atomic E-state index is -0.178. The molecule has 0 bridgehead atoms. The van der Waals surface area contributed by atoms with Crippen molar-refractivity contribution in [3.63, 3.8) is 0 Å². The zero-order valence-corrected chi connectivity index (χ0v) is 11.2. The Hall–Kier alpha value is -1.81. The highest BCUT2D eigenvalue weighted by Crippen LogP contribution is 2.20. The van der Waals surface area contributed by atoms with Gasteiger partial charge in [-0.05, 0) is 38.5 Å². The largest absolute Gasteiger partial charge is 0.319 e. The third-order valence-corrected chi connectivity index (χ3v) is 3.05. The van der Waals surface area contributed by atoms with Crippen LogP contribution in [0.3, 0.4) is 0 Å². The highest BCUT2D eigenvalue weighted by Gasteiger charge is 2.14. The summed E-state index contributed by atoms with van der Waals surface area (Å²) < 4.78 is 0. The van der Waals surface area contributed by atoms with Crippen molar-refractivity contribution in [1.29, 1.82) is 0 Å². The van der Waals surface area contributed by atoms with Gasteiger partial charge < -0.3 is 5.32 Å². The molecule has 2 aromatic rings. The van der Waals surface area contributed by atoms with Crippen LogP contribution in [-0.2, 0) is 0 Å². The van der Waals surface area contributed by atoms with Crippen LogP contribution >= 0.6 is 11.6 Å². The van der Waals surface area contributed by atoms with Crippen LogP contribution in [0.25, 0.3) is 0 Å². The number of carbonyl (C=O) groups is 1. The van der Waals surface area contributed by atoms with E-state index in [0.29, 0.717) is 10.6 Å². The summed E-state index contributed by atoms with van der Waals surface area (Å²) in [4.78, 5) is 12.2. The number of aromatic amines is 1. The number of aromatic nitrogens is 2. The van der Waals surface area contributed by atoms with Gasteiger partial charge in [0.25, 0.3) is 5.91 Å². The fourth-order valence-electron chi connectivity index (χ4n) is 1.75. The van der Waals surface area contributed by atoms with Crippen LogP contribution in [0.5, 0.6) is 0 Å². The molecule has 0 unspecified atom stereocenters. The average molecular weight is 264 g/mol. The molecule has 0 spiro atoms. The van der Waals surface area contributed by atoms with E-state index in [1.54, 1.807) is 12.1 Å². The maximum absolute atomic E-state index is 12.2. The van der Waals surface area contributed by atoms with Crippen LogP contribution in [0.2, 0.25) is 5.02 Å². The van der Waals surface area contributed by atoms with Gasteiger partial charge in [-0.2, -0.15) is 5.10 Å². The Labute approximate surface area is 110 Å². The van der Waals surface area contributed by atoms with Crippen LogP contribution in [0.4, 0.5) is 5.69 Å². The molecule has 1 heterocycles. The lowest BCUT2D eigenvalue weighted by Gasteiger charge is -2.08. The van der Waals surface area contributed by atoms with E-state index < -0.39 is 0 Å². The molecule has 0 aliphatic rings. The van der Waals surface area contributed by atoms with Gasteiger partial charge in [0.05, 0.1) is 17.1 Å². The first-order chi connectivity index (χ1) is 8.49. The third-order valence-electron chi connectivity index (χ3n) is 2.81. The van der Waals surface area contributed by atoms with Crippen LogP contribution < -0.4 is 5.32 Å². The Balaban J connectivity index is 2.30. The number of H-pyrrole nitrogens is 1. The Morgan fingerprint density at radius 3 is 2.67 bits per heavy atom. The molecule has 0 radical (unpaired) electrons. The summed E-state index contributed by atoms with van der Waals surface area (Å²) in [5.74, 6) is -0.178. The number of amides is 1. The van der Waals surface area contributed by atoms with Gasteiger partial charge in [0, 0.05) is 10.6 Å². The number of nitrogens with one attached hydrogen (secondary N) is 2. The van der Waals surface area contributed by atoms with Gasteiger partial charge in [-0.3, -0.25) is 9.89 Å². The normalized spacial score (nSPS) is 10.4. The van der Waals surface area contributed by atoms with E-state index in [9.17, 15) is 4.79 Å². The van der Waals surface area contributed by atoms with Crippen molar-refractivity contribution >= 4 is 23.2 Å². The van der Waals surface area contributed by atoms with Gasteiger partial charge >= 0.3 is 0 Å². The molecule has 1 aromatic carbocycles. The Morgan fingerprint density at radius 2 is 2.06 bits per heavy atom. The summed E-state index contributed by atoms with van der Waals surface area (Å²) in [6.07, 6.45) is 0. The van der Waals surface area contributed by atoms with Gasteiger partial charge in [0.2, 0.25) is 0 Å². The predicted octanol–water partition coefficient (Wildman–Crippen LogP) is 3.24. The fraction of sp³-hybridized carbons (Fsp3) is 0.231. The summed E-state index contributed by atoms with van der Waals surface area (Å²) in [5.41, 5.74) is 3.78. The third kappa shape index (κ3) is 2.38. The summed E-state index contributed by atoms with van der Waals surface area (Å²) in [5, 5.41) is 10.3. The SMILES string of the molecule is Cc1ccc(Cl)cc1C(=O)Nc1c(C)n[nH]c1C. The first kappa shape index (κ1) is 12.6. The Kier molecular flexibility index (Phi) is 3.39. The number of halogens is 1. The molecular weight excluding hydrogens is 250 g/mol. The molecule has 0 atom stereocenters. The fourth-order valence-corrected chi connectivity index (χ4v) is 1.93. The summed E-state index contributed by atoms with van der Waals surface area (Å²) in [6.45, 7) is 5.57. The second kappa shape index (κ2) is 4.82. The number of nitrogens with zero attached hydrogens (tertiary/aromatic N) is 1. The average Bonchev–Trinajstić information content (AvgIpc) is 2.64. The number of anilines is 1. The number of carbonyl (C=O) groups excluding carboxylic acids is 1. The van der Waals surface area contributed by atoms with E-state index >= 15 is 0 Å². The van der Waals surface area contributed by atoms with Crippen molar-refractivity contribution in [1.82, 2.24) is 10.2 Å². The van der Waals surface area contributed by atoms with E-state index in [4.69, 9.17) is 11.6 Å². The molecule has 18 heavy (non-hydrogen) atoms. The van der Waals surface area contributed by atoms with Crippen LogP contribution in [0, 0.1) is 20.8 Å². The lowest BCUT2D eigenvalue weighted by molar-refractivity contribution is 0.102. The molecule has 0 aliphatic heterocycles. The summed E-state index contributed by atoms with van der Waals surface area (Å²) in [7, 11) is 0. The molecule has 0 fully saturated rings. The van der Waals surface area contributed by atoms with Gasteiger partial charge in [0.1, 0.15) is 0 Å². The monoisotopic (exact) mass is 263 g/mol. The number of aryl methyl sites for hydroxylation is 3. The zero-order chi connectivity index (χ0) is 13.3. The van der Waals surface area contributed by atoms with Crippen molar-refractivity contribution in [3.05, 3.63) is 45.7 Å². The van der Waals surface area contributed by atoms with Crippen LogP contribution in [-0.4, -0.2) is 16.1 Å². The number of hydrogen-bond acceptors (Lipinski definition) is 2. The molecule has 1 amide bonds. The molecule has 1 aromatic heterocycles. The number of hydrogen-bond donors (Lipinski definition) is 2. The topological polar surface area (TPSA) is 57.8 Å². The molecule has 2 N–H and O–H groups in total. The van der Waals surface area contributed by atoms with Gasteiger partial charge in [-0.15, -0.1) is 0 Å². The molecule has 94 valence electrons. The van der Waals surface area contributed by atoms with Crippen molar-refractivity contribution in [2.75, 3.05) is 5.32 Å². The van der Waals surface area contributed by atoms with Gasteiger partial charge in [-0.1, -0.05) is 17.7 Å². The number of benzene rings is 1. The Morgan fingerprint density at radius 1 is 1.33 bits per heavy atom. The van der Waals surface area contributed by atoms with Crippen LogP contribution in [0.1, 0.15) is 27.3 Å². The number of rotatable bonds is 2. The second-order valence-electron chi connectivity index (χ2n) is 4.22. The smallest absolute Gasteiger partial charge is 0.256 e. The van der Waals surface area contributed by atoms with E-state index in [1.807, 2.05) is 26.8 Å². The van der Waals surface area contributed by atoms with Crippen molar-refractivity contribution in [2.45, 2.75) is 20.8 Å². The maximum Gasteiger partial charge on any atom is 0.256 e. The molecule has 0 saturated heterocycles. The van der Waals surface area contributed by atoms with Crippen molar-refractivity contribution < 1.29 is 4.79 Å². The molecule has 0 saturated carbocycles. The zero-order valence-electron chi connectivity index (χ0n) is 10.5. The Bertz CT molecular complexity index is 585. The predicted molar refractivity (Wildman–Crippen MR) is 72.2 cm³/mol. The summed E-state index contributed by atoms with van der Waals surface area (Å²) in [6, 6.07) is 5.26. The molecule has 2 rings (SSSR count). The maximum atomic E-state index is 12.2. The van der Waals surface area contributed by atoms with E-state index in [1.165, 1.54) is 0 Å². The van der Waals surface area contributed by atoms with E-state index in [-0.39, 0.29) is 5.91 Å². The highest BCUT2D eigenvalue weighted by atomic mass is 35.5. The minimum Gasteiger partial charge on any atom is -0.319 e. The quantitative estimate of drug-likeness (QED) is 0.874. The molecule has 4 nitrogen and oxygen atoms in total. The van der Waals surface area contributed by atoms with Gasteiger partial charge in [0.15, 0.2) is 0 Å². The lowest BCUT2D eigenvalue weighted by Crippen LogP contribution is -2.14. The first-order valence-corrected chi connectivity index (χ1v) is 5.96. The minimum absolute atomic E-state index is 0.178. The van der Waals surface area contributed by atoms with E-state index in [0.717, 1.165) is 22.6 Å². The van der Waals surface area contributed by atoms with E-state index in [2.05, 4.69) is 15.5 Å².